The number of hydrogen-bond donors (Lipinski definition) is 2. The van der Waals surface area contributed by atoms with E-state index in [9.17, 15) is 0 Å². The largest absolute Gasteiger partial charge is 0.368 e. The first-order chi connectivity index (χ1) is 5.81. The molecule has 0 aromatic carbocycles. The molecule has 12 heavy (non-hydrogen) atoms. The smallest absolute Gasteiger partial charge is 0.223 e. The number of hydrogen-bond acceptors (Lipinski definition) is 6. The van der Waals surface area contributed by atoms with E-state index in [-0.39, 0.29) is 5.95 Å². The molecule has 0 spiro atoms. The predicted octanol–water partition coefficient (Wildman–Crippen LogP) is 0.0520. The van der Waals surface area contributed by atoms with E-state index in [0.29, 0.717) is 11.2 Å². The van der Waals surface area contributed by atoms with E-state index in [2.05, 4.69) is 25.4 Å². The van der Waals surface area contributed by atoms with Gasteiger partial charge >= 0.3 is 0 Å². The molecule has 0 unspecified atom stereocenters. The average Bonchev–Trinajstić information content (AvgIpc) is 2.50. The van der Waals surface area contributed by atoms with E-state index < -0.39 is 0 Å². The topological polar surface area (TPSA) is 93.4 Å². The number of rotatable bonds is 1. The molecule has 0 amide bonds. The van der Waals surface area contributed by atoms with Crippen molar-refractivity contribution in [3.05, 3.63) is 0 Å². The molecule has 2 rings (SSSR count). The van der Waals surface area contributed by atoms with Gasteiger partial charge in [-0.2, -0.15) is 4.98 Å². The Balaban J connectivity index is 2.80. The van der Waals surface area contributed by atoms with Crippen LogP contribution in [0.15, 0.2) is 5.03 Å². The van der Waals surface area contributed by atoms with Gasteiger partial charge in [0, 0.05) is 0 Å². The van der Waals surface area contributed by atoms with Crippen molar-refractivity contribution >= 4 is 28.9 Å². The van der Waals surface area contributed by atoms with Crippen LogP contribution in [0.5, 0.6) is 0 Å². The van der Waals surface area contributed by atoms with Crippen LogP contribution in [0.4, 0.5) is 5.95 Å². The van der Waals surface area contributed by atoms with Gasteiger partial charge in [-0.3, -0.25) is 0 Å². The molecule has 2 heterocycles. The fourth-order valence-electron chi connectivity index (χ4n) is 0.884. The Hall–Kier alpha value is -1.37. The molecule has 0 saturated carbocycles. The van der Waals surface area contributed by atoms with Gasteiger partial charge in [-0.1, -0.05) is 5.21 Å². The van der Waals surface area contributed by atoms with Crippen LogP contribution in [-0.4, -0.2) is 31.6 Å². The summed E-state index contributed by atoms with van der Waals surface area (Å²) in [4.78, 5) is 7.92. The maximum atomic E-state index is 5.45. The van der Waals surface area contributed by atoms with Crippen molar-refractivity contribution in [3.63, 3.8) is 0 Å². The first-order valence-corrected chi connectivity index (χ1v) is 4.42. The second-order valence-corrected chi connectivity index (χ2v) is 2.90. The minimum atomic E-state index is 0.234. The summed E-state index contributed by atoms with van der Waals surface area (Å²) in [7, 11) is 0. The fraction of sp³-hybridized carbons (Fsp3) is 0.200. The molecular formula is C5H6N6S. The number of anilines is 1. The van der Waals surface area contributed by atoms with Gasteiger partial charge in [0.2, 0.25) is 5.95 Å². The number of nitrogens with two attached hydrogens (primary N) is 1. The van der Waals surface area contributed by atoms with Gasteiger partial charge in [-0.05, 0) is 6.26 Å². The zero-order valence-corrected chi connectivity index (χ0v) is 7.09. The summed E-state index contributed by atoms with van der Waals surface area (Å²) >= 11 is 1.46. The van der Waals surface area contributed by atoms with Gasteiger partial charge in [-0.15, -0.1) is 16.9 Å². The van der Waals surface area contributed by atoms with Crippen molar-refractivity contribution in [2.75, 3.05) is 12.0 Å². The summed E-state index contributed by atoms with van der Waals surface area (Å²) in [5, 5.41) is 10.8. The lowest BCUT2D eigenvalue weighted by Crippen LogP contribution is -1.96. The lowest BCUT2D eigenvalue weighted by atomic mass is 10.5. The minimum absolute atomic E-state index is 0.234. The Morgan fingerprint density at radius 2 is 2.25 bits per heavy atom. The third kappa shape index (κ3) is 0.981. The third-order valence-corrected chi connectivity index (χ3v) is 2.04. The van der Waals surface area contributed by atoms with E-state index in [4.69, 9.17) is 5.73 Å². The minimum Gasteiger partial charge on any atom is -0.368 e. The number of nitrogens with zero attached hydrogens (tertiary/aromatic N) is 4. The second kappa shape index (κ2) is 2.59. The zero-order valence-electron chi connectivity index (χ0n) is 6.27. The van der Waals surface area contributed by atoms with Gasteiger partial charge < -0.3 is 5.73 Å². The van der Waals surface area contributed by atoms with Crippen molar-refractivity contribution in [2.24, 2.45) is 0 Å². The summed E-state index contributed by atoms with van der Waals surface area (Å²) in [5.74, 6) is 0.234. The highest BCUT2D eigenvalue weighted by Gasteiger charge is 2.07. The van der Waals surface area contributed by atoms with Gasteiger partial charge in [-0.25, -0.2) is 10.1 Å². The molecule has 3 N–H and O–H groups in total. The number of fused-ring (bicyclic) bond motifs is 1. The highest BCUT2D eigenvalue weighted by atomic mass is 32.2. The van der Waals surface area contributed by atoms with Gasteiger partial charge in [0.25, 0.3) is 0 Å². The maximum Gasteiger partial charge on any atom is 0.223 e. The van der Waals surface area contributed by atoms with E-state index >= 15 is 0 Å². The van der Waals surface area contributed by atoms with E-state index in [0.717, 1.165) is 5.03 Å². The molecule has 0 atom stereocenters. The molecule has 0 aliphatic heterocycles. The highest BCUT2D eigenvalue weighted by Crippen LogP contribution is 2.19. The molecule has 0 radical (unpaired) electrons. The first kappa shape index (κ1) is 7.29. The van der Waals surface area contributed by atoms with Crippen molar-refractivity contribution in [1.82, 2.24) is 25.4 Å². The predicted molar refractivity (Wildman–Crippen MR) is 45.7 cm³/mol. The maximum absolute atomic E-state index is 5.45. The average molecular weight is 182 g/mol. The number of aromatic amines is 1. The Kier molecular flexibility index (Phi) is 1.58. The van der Waals surface area contributed by atoms with Crippen LogP contribution in [0.3, 0.4) is 0 Å². The van der Waals surface area contributed by atoms with Gasteiger partial charge in [0.05, 0.1) is 0 Å². The normalized spacial score (nSPS) is 10.8. The molecule has 0 bridgehead atoms. The number of nitrogen functional groups attached to an aromatic ring is 1. The molecule has 7 heteroatoms. The van der Waals surface area contributed by atoms with Crippen molar-refractivity contribution in [3.8, 4) is 0 Å². The van der Waals surface area contributed by atoms with E-state index in [1.54, 1.807) is 0 Å². The van der Waals surface area contributed by atoms with Crippen LogP contribution >= 0.6 is 11.8 Å². The number of nitrogens with one attached hydrogen (secondary N) is 1. The molecular weight excluding hydrogens is 176 g/mol. The van der Waals surface area contributed by atoms with Crippen molar-refractivity contribution in [1.29, 1.82) is 0 Å². The number of aromatic nitrogens is 5. The Morgan fingerprint density at radius 3 is 3.00 bits per heavy atom. The van der Waals surface area contributed by atoms with E-state index in [1.807, 2.05) is 6.26 Å². The lowest BCUT2D eigenvalue weighted by molar-refractivity contribution is 0.952. The number of H-pyrrole nitrogens is 1. The van der Waals surface area contributed by atoms with Crippen LogP contribution in [0.2, 0.25) is 0 Å². The zero-order chi connectivity index (χ0) is 8.55. The Labute approximate surface area is 72.0 Å². The molecule has 2 aromatic heterocycles. The molecule has 6 nitrogen and oxygen atoms in total. The van der Waals surface area contributed by atoms with Crippen molar-refractivity contribution < 1.29 is 0 Å². The summed E-state index contributed by atoms with van der Waals surface area (Å²) in [6.45, 7) is 0. The molecule has 0 saturated heterocycles. The first-order valence-electron chi connectivity index (χ1n) is 3.19. The Bertz CT molecular complexity index is 409. The Morgan fingerprint density at radius 1 is 1.42 bits per heavy atom. The van der Waals surface area contributed by atoms with Crippen LogP contribution in [0.25, 0.3) is 11.2 Å². The summed E-state index contributed by atoms with van der Waals surface area (Å²) in [6, 6.07) is 0. The van der Waals surface area contributed by atoms with Gasteiger partial charge in [0.1, 0.15) is 5.03 Å². The SMILES string of the molecule is CSc1nc(N)nc2[nH]nnc12. The highest BCUT2D eigenvalue weighted by molar-refractivity contribution is 7.98. The standard InChI is InChI=1S/C5H6N6S/c1-12-4-2-3(10-11-9-2)7-5(6)8-4/h1H3,(H3,6,7,8,9,10,11). The second-order valence-electron chi connectivity index (χ2n) is 2.10. The molecule has 2 aromatic rings. The third-order valence-electron chi connectivity index (χ3n) is 1.37. The van der Waals surface area contributed by atoms with Crippen LogP contribution in [0.1, 0.15) is 0 Å². The van der Waals surface area contributed by atoms with Gasteiger partial charge in [0.15, 0.2) is 11.2 Å². The summed E-state index contributed by atoms with van der Waals surface area (Å²) in [6.07, 6.45) is 1.90. The lowest BCUT2D eigenvalue weighted by Gasteiger charge is -1.95. The fourth-order valence-corrected chi connectivity index (χ4v) is 1.40. The number of thioether (sulfide) groups is 1. The quantitative estimate of drug-likeness (QED) is 0.478. The van der Waals surface area contributed by atoms with Crippen LogP contribution in [-0.2, 0) is 0 Å². The molecule has 0 aliphatic carbocycles. The molecule has 0 aliphatic rings. The van der Waals surface area contributed by atoms with E-state index in [1.165, 1.54) is 11.8 Å². The van der Waals surface area contributed by atoms with Crippen LogP contribution < -0.4 is 5.73 Å². The molecule has 62 valence electrons. The monoisotopic (exact) mass is 182 g/mol. The summed E-state index contributed by atoms with van der Waals surface area (Å²) in [5.41, 5.74) is 6.69. The molecule has 0 fully saturated rings. The summed E-state index contributed by atoms with van der Waals surface area (Å²) < 4.78 is 0. The van der Waals surface area contributed by atoms with Crippen LogP contribution in [0, 0.1) is 0 Å². The van der Waals surface area contributed by atoms with Crippen molar-refractivity contribution in [2.45, 2.75) is 5.03 Å².